The molecule has 1 N–H and O–H groups in total. The first kappa shape index (κ1) is 17.0. The number of aromatic nitrogens is 2. The Balaban J connectivity index is 1.82. The molecule has 0 bridgehead atoms. The molecule has 2 heterocycles. The third-order valence-electron chi connectivity index (χ3n) is 3.49. The maximum atomic E-state index is 11.7. The predicted molar refractivity (Wildman–Crippen MR) is 99.1 cm³/mol. The molecule has 24 heavy (non-hydrogen) atoms. The molecule has 5 nitrogen and oxygen atoms in total. The molecule has 1 aromatic carbocycles. The van der Waals surface area contributed by atoms with Crippen LogP contribution >= 0.6 is 22.9 Å². The number of ether oxygens (including phenoxy) is 1. The van der Waals surface area contributed by atoms with E-state index >= 15 is 0 Å². The van der Waals surface area contributed by atoms with Crippen LogP contribution in [0.2, 0.25) is 5.02 Å². The zero-order valence-corrected chi connectivity index (χ0v) is 15.7. The molecule has 128 valence electrons. The minimum absolute atomic E-state index is 0.416. The third-order valence-corrected chi connectivity index (χ3v) is 5.25. The van der Waals surface area contributed by atoms with Gasteiger partial charge in [-0.1, -0.05) is 23.7 Å². The number of nitrogens with zero attached hydrogens (tertiary/aromatic N) is 2. The standard InChI is InChI=1S/C17H20ClN3O2S/c1-10-14-13(11-6-5-7-12(18)15(11)24-14)21(20-10)9-8-19-16(22)23-17(2,3)4/h5-7H,8-9H2,1-4H3,(H,19,22). The minimum atomic E-state index is -0.500. The van der Waals surface area contributed by atoms with Crippen molar-refractivity contribution < 1.29 is 9.53 Å². The fraction of sp³-hybridized carbons (Fsp3) is 0.412. The number of amides is 1. The average Bonchev–Trinajstić information content (AvgIpc) is 2.97. The lowest BCUT2D eigenvalue weighted by molar-refractivity contribution is 0.0526. The highest BCUT2D eigenvalue weighted by molar-refractivity contribution is 7.26. The number of alkyl carbamates (subject to hydrolysis) is 1. The van der Waals surface area contributed by atoms with Crippen LogP contribution in [0.3, 0.4) is 0 Å². The molecule has 0 atom stereocenters. The molecule has 0 saturated heterocycles. The van der Waals surface area contributed by atoms with Crippen LogP contribution in [-0.2, 0) is 11.3 Å². The summed E-state index contributed by atoms with van der Waals surface area (Å²) in [6.07, 6.45) is -0.416. The second-order valence-electron chi connectivity index (χ2n) is 6.63. The van der Waals surface area contributed by atoms with Crippen LogP contribution in [0.15, 0.2) is 18.2 Å². The zero-order valence-electron chi connectivity index (χ0n) is 14.1. The topological polar surface area (TPSA) is 56.2 Å². The van der Waals surface area contributed by atoms with Gasteiger partial charge in [0.25, 0.3) is 0 Å². The molecule has 0 unspecified atom stereocenters. The number of benzene rings is 1. The molecule has 0 saturated carbocycles. The number of fused-ring (bicyclic) bond motifs is 3. The Morgan fingerprint density at radius 2 is 2.12 bits per heavy atom. The van der Waals surface area contributed by atoms with Crippen LogP contribution in [0.5, 0.6) is 0 Å². The van der Waals surface area contributed by atoms with Crippen LogP contribution < -0.4 is 5.32 Å². The van der Waals surface area contributed by atoms with Gasteiger partial charge in [-0.2, -0.15) is 5.10 Å². The second kappa shape index (κ2) is 6.26. The van der Waals surface area contributed by atoms with E-state index in [1.807, 2.05) is 44.5 Å². The summed E-state index contributed by atoms with van der Waals surface area (Å²) in [7, 11) is 0. The summed E-state index contributed by atoms with van der Waals surface area (Å²) in [6, 6.07) is 5.90. The van der Waals surface area contributed by atoms with Gasteiger partial charge in [0.15, 0.2) is 0 Å². The molecule has 1 amide bonds. The third kappa shape index (κ3) is 3.35. The van der Waals surface area contributed by atoms with Crippen LogP contribution in [0.4, 0.5) is 4.79 Å². The van der Waals surface area contributed by atoms with Gasteiger partial charge >= 0.3 is 6.09 Å². The Morgan fingerprint density at radius 3 is 2.83 bits per heavy atom. The summed E-state index contributed by atoms with van der Waals surface area (Å²) < 4.78 is 9.38. The van der Waals surface area contributed by atoms with Crippen LogP contribution in [0.1, 0.15) is 26.5 Å². The Labute approximate surface area is 149 Å². The number of aryl methyl sites for hydroxylation is 1. The molecular formula is C17H20ClN3O2S. The number of rotatable bonds is 3. The van der Waals surface area contributed by atoms with Crippen molar-refractivity contribution in [2.24, 2.45) is 0 Å². The van der Waals surface area contributed by atoms with E-state index in [4.69, 9.17) is 16.3 Å². The molecule has 7 heteroatoms. The molecule has 3 aromatic rings. The number of thiophene rings is 1. The van der Waals surface area contributed by atoms with E-state index in [-0.39, 0.29) is 0 Å². The Hall–Kier alpha value is -1.79. The number of hydrogen-bond acceptors (Lipinski definition) is 4. The van der Waals surface area contributed by atoms with Crippen molar-refractivity contribution in [2.75, 3.05) is 6.54 Å². The van der Waals surface area contributed by atoms with Crippen molar-refractivity contribution in [1.82, 2.24) is 15.1 Å². The van der Waals surface area contributed by atoms with Crippen molar-refractivity contribution in [2.45, 2.75) is 39.8 Å². The van der Waals surface area contributed by atoms with E-state index in [1.165, 1.54) is 0 Å². The SMILES string of the molecule is Cc1nn(CCNC(=O)OC(C)(C)C)c2c1sc1c(Cl)cccc12. The van der Waals surface area contributed by atoms with Gasteiger partial charge in [-0.05, 0) is 33.8 Å². The number of carbonyl (C=O) groups is 1. The largest absolute Gasteiger partial charge is 0.444 e. The Morgan fingerprint density at radius 1 is 1.38 bits per heavy atom. The van der Waals surface area contributed by atoms with Gasteiger partial charge in [-0.25, -0.2) is 4.79 Å². The van der Waals surface area contributed by atoms with Gasteiger partial charge in [-0.15, -0.1) is 11.3 Å². The summed E-state index contributed by atoms with van der Waals surface area (Å²) in [5.74, 6) is 0. The molecule has 2 aromatic heterocycles. The zero-order chi connectivity index (χ0) is 17.5. The lowest BCUT2D eigenvalue weighted by Gasteiger charge is -2.19. The van der Waals surface area contributed by atoms with Crippen molar-refractivity contribution in [3.8, 4) is 0 Å². The smallest absolute Gasteiger partial charge is 0.407 e. The van der Waals surface area contributed by atoms with E-state index < -0.39 is 11.7 Å². The second-order valence-corrected chi connectivity index (χ2v) is 8.06. The molecule has 0 radical (unpaired) electrons. The minimum Gasteiger partial charge on any atom is -0.444 e. The monoisotopic (exact) mass is 365 g/mol. The summed E-state index contributed by atoms with van der Waals surface area (Å²) in [4.78, 5) is 11.7. The van der Waals surface area contributed by atoms with Gasteiger partial charge in [0, 0.05) is 11.9 Å². The Bertz CT molecular complexity index is 908. The number of hydrogen-bond donors (Lipinski definition) is 1. The summed E-state index contributed by atoms with van der Waals surface area (Å²) in [5, 5.41) is 9.22. The lowest BCUT2D eigenvalue weighted by Crippen LogP contribution is -2.34. The van der Waals surface area contributed by atoms with Crippen LogP contribution in [-0.4, -0.2) is 28.0 Å². The average molecular weight is 366 g/mol. The summed E-state index contributed by atoms with van der Waals surface area (Å²) >= 11 is 7.96. The van der Waals surface area contributed by atoms with Crippen molar-refractivity contribution >= 4 is 49.3 Å². The molecular weight excluding hydrogens is 346 g/mol. The van der Waals surface area contributed by atoms with Gasteiger partial charge in [0.1, 0.15) is 5.60 Å². The highest BCUT2D eigenvalue weighted by Gasteiger charge is 2.17. The molecule has 0 aliphatic carbocycles. The highest BCUT2D eigenvalue weighted by atomic mass is 35.5. The van der Waals surface area contributed by atoms with E-state index in [1.54, 1.807) is 11.3 Å². The lowest BCUT2D eigenvalue weighted by atomic mass is 10.2. The number of carbonyl (C=O) groups excluding carboxylic acids is 1. The highest BCUT2D eigenvalue weighted by Crippen LogP contribution is 2.39. The van der Waals surface area contributed by atoms with Gasteiger partial charge in [0.05, 0.1) is 32.2 Å². The fourth-order valence-electron chi connectivity index (χ4n) is 2.59. The van der Waals surface area contributed by atoms with Gasteiger partial charge in [-0.3, -0.25) is 4.68 Å². The molecule has 0 fully saturated rings. The van der Waals surface area contributed by atoms with E-state index in [0.29, 0.717) is 13.1 Å². The Kier molecular flexibility index (Phi) is 4.44. The molecule has 0 aliphatic rings. The normalized spacial score (nSPS) is 12.0. The summed E-state index contributed by atoms with van der Waals surface area (Å²) in [5.41, 5.74) is 1.54. The number of nitrogens with one attached hydrogen (secondary N) is 1. The van der Waals surface area contributed by atoms with Crippen molar-refractivity contribution in [3.63, 3.8) is 0 Å². The first-order chi connectivity index (χ1) is 11.3. The van der Waals surface area contributed by atoms with Crippen molar-refractivity contribution in [3.05, 3.63) is 28.9 Å². The van der Waals surface area contributed by atoms with Crippen LogP contribution in [0.25, 0.3) is 20.3 Å². The van der Waals surface area contributed by atoms with E-state index in [0.717, 1.165) is 31.0 Å². The molecule has 0 aliphatic heterocycles. The quantitative estimate of drug-likeness (QED) is 0.729. The van der Waals surface area contributed by atoms with Gasteiger partial charge in [0.2, 0.25) is 0 Å². The number of halogens is 1. The fourth-order valence-corrected chi connectivity index (χ4v) is 4.02. The predicted octanol–water partition coefficient (Wildman–Crippen LogP) is 4.74. The van der Waals surface area contributed by atoms with Gasteiger partial charge < -0.3 is 10.1 Å². The summed E-state index contributed by atoms with van der Waals surface area (Å²) in [6.45, 7) is 8.53. The molecule has 0 spiro atoms. The first-order valence-corrected chi connectivity index (χ1v) is 8.97. The van der Waals surface area contributed by atoms with Crippen LogP contribution in [0, 0.1) is 6.92 Å². The van der Waals surface area contributed by atoms with E-state index in [2.05, 4.69) is 16.5 Å². The van der Waals surface area contributed by atoms with E-state index in [9.17, 15) is 4.79 Å². The van der Waals surface area contributed by atoms with Crippen molar-refractivity contribution in [1.29, 1.82) is 0 Å². The maximum absolute atomic E-state index is 11.7. The maximum Gasteiger partial charge on any atom is 0.407 e. The molecule has 3 rings (SSSR count). The first-order valence-electron chi connectivity index (χ1n) is 7.77.